The average molecular weight is 489 g/mol. The minimum absolute atomic E-state index is 0.0818. The first-order valence-electron chi connectivity index (χ1n) is 11.6. The van der Waals surface area contributed by atoms with E-state index in [0.29, 0.717) is 25.8 Å². The van der Waals surface area contributed by atoms with E-state index in [-0.39, 0.29) is 31.8 Å². The topological polar surface area (TPSA) is 228 Å². The van der Waals surface area contributed by atoms with Crippen LogP contribution in [0.1, 0.15) is 37.7 Å². The van der Waals surface area contributed by atoms with Gasteiger partial charge in [-0.2, -0.15) is 0 Å². The number of aliphatic imine (C=N–C) groups is 1. The molecule has 1 heterocycles. The molecule has 12 N–H and O–H groups in total. The van der Waals surface area contributed by atoms with Gasteiger partial charge in [-0.05, 0) is 56.7 Å². The Morgan fingerprint density at radius 3 is 2.37 bits per heavy atom. The van der Waals surface area contributed by atoms with Crippen molar-refractivity contribution < 1.29 is 19.5 Å². The summed E-state index contributed by atoms with van der Waals surface area (Å²) in [5.74, 6) is -2.37. The number of aromatic amines is 1. The molecule has 0 bridgehead atoms. The number of nitrogens with one attached hydrogen (secondary N) is 3. The zero-order valence-electron chi connectivity index (χ0n) is 19.7. The van der Waals surface area contributed by atoms with Gasteiger partial charge in [-0.3, -0.25) is 14.6 Å². The minimum atomic E-state index is -1.16. The van der Waals surface area contributed by atoms with E-state index in [1.807, 2.05) is 24.3 Å². The summed E-state index contributed by atoms with van der Waals surface area (Å²) in [7, 11) is 0. The number of hydrogen-bond donors (Lipinski definition) is 8. The van der Waals surface area contributed by atoms with Gasteiger partial charge in [-0.15, -0.1) is 0 Å². The molecule has 0 aliphatic rings. The molecule has 0 saturated carbocycles. The third kappa shape index (κ3) is 8.91. The van der Waals surface area contributed by atoms with Crippen LogP contribution in [0.5, 0.6) is 0 Å². The molecular weight excluding hydrogens is 452 g/mol. The number of carboxylic acid groups (broad SMARTS) is 1. The number of aromatic nitrogens is 1. The Labute approximate surface area is 203 Å². The van der Waals surface area contributed by atoms with Gasteiger partial charge >= 0.3 is 5.97 Å². The van der Waals surface area contributed by atoms with E-state index >= 15 is 0 Å². The number of fused-ring (bicyclic) bond motifs is 1. The van der Waals surface area contributed by atoms with Crippen molar-refractivity contribution in [3.05, 3.63) is 36.0 Å². The van der Waals surface area contributed by atoms with Gasteiger partial charge in [0.1, 0.15) is 12.1 Å². The van der Waals surface area contributed by atoms with Crippen LogP contribution < -0.4 is 33.6 Å². The van der Waals surface area contributed by atoms with E-state index in [2.05, 4.69) is 20.6 Å². The molecule has 192 valence electrons. The lowest BCUT2D eigenvalue weighted by Crippen LogP contribution is -2.54. The Bertz CT molecular complexity index is 1020. The van der Waals surface area contributed by atoms with Crippen LogP contribution in [-0.4, -0.2) is 65.0 Å². The number of guanidine groups is 1. The second kappa shape index (κ2) is 13.9. The average Bonchev–Trinajstić information content (AvgIpc) is 3.22. The molecule has 0 spiro atoms. The van der Waals surface area contributed by atoms with Crippen LogP contribution >= 0.6 is 0 Å². The highest BCUT2D eigenvalue weighted by Gasteiger charge is 2.28. The number of H-pyrrole nitrogens is 1. The molecule has 2 aromatic rings. The van der Waals surface area contributed by atoms with Gasteiger partial charge in [0, 0.05) is 23.6 Å². The minimum Gasteiger partial charge on any atom is -0.480 e. The van der Waals surface area contributed by atoms with Gasteiger partial charge in [0.2, 0.25) is 11.8 Å². The number of nitrogens with zero attached hydrogens (tertiary/aromatic N) is 1. The van der Waals surface area contributed by atoms with Crippen molar-refractivity contribution in [1.29, 1.82) is 0 Å². The first kappa shape index (κ1) is 27.6. The highest BCUT2D eigenvalue weighted by molar-refractivity contribution is 5.92. The highest BCUT2D eigenvalue weighted by Crippen LogP contribution is 2.18. The second-order valence-corrected chi connectivity index (χ2v) is 8.36. The van der Waals surface area contributed by atoms with Crippen LogP contribution in [0.15, 0.2) is 35.5 Å². The van der Waals surface area contributed by atoms with Gasteiger partial charge in [-0.1, -0.05) is 18.2 Å². The fourth-order valence-corrected chi connectivity index (χ4v) is 3.70. The molecular formula is C23H36N8O4. The van der Waals surface area contributed by atoms with Gasteiger partial charge in [0.25, 0.3) is 0 Å². The summed E-state index contributed by atoms with van der Waals surface area (Å²) in [5.41, 5.74) is 24.1. The van der Waals surface area contributed by atoms with Crippen molar-refractivity contribution >= 4 is 34.6 Å². The number of hydrogen-bond acceptors (Lipinski definition) is 6. The largest absolute Gasteiger partial charge is 0.480 e. The summed E-state index contributed by atoms with van der Waals surface area (Å²) in [5, 5.41) is 15.6. The van der Waals surface area contributed by atoms with Gasteiger partial charge < -0.3 is 43.7 Å². The number of benzene rings is 1. The van der Waals surface area contributed by atoms with Crippen LogP contribution in [0.3, 0.4) is 0 Å². The zero-order chi connectivity index (χ0) is 25.8. The number of aliphatic carboxylic acids is 1. The summed E-state index contributed by atoms with van der Waals surface area (Å²) < 4.78 is 0. The van der Waals surface area contributed by atoms with E-state index in [1.165, 1.54) is 0 Å². The van der Waals surface area contributed by atoms with Crippen molar-refractivity contribution in [2.75, 3.05) is 13.1 Å². The molecule has 3 atom stereocenters. The van der Waals surface area contributed by atoms with E-state index < -0.39 is 35.9 Å². The number of nitrogens with two attached hydrogens (primary N) is 4. The molecule has 0 aliphatic heterocycles. The summed E-state index contributed by atoms with van der Waals surface area (Å²) >= 11 is 0. The number of para-hydroxylation sites is 1. The lowest BCUT2D eigenvalue weighted by atomic mass is 10.0. The SMILES string of the molecule is NCCCC[C@H](NC(=O)[C@H](CCCN=C(N)N)NC(=O)[C@@H](N)Cc1c[nH]c2ccccc12)C(=O)O. The molecule has 35 heavy (non-hydrogen) atoms. The third-order valence-electron chi connectivity index (χ3n) is 5.59. The number of carbonyl (C=O) groups excluding carboxylic acids is 2. The molecule has 0 fully saturated rings. The van der Waals surface area contributed by atoms with Crippen LogP contribution in [0.25, 0.3) is 10.9 Å². The van der Waals surface area contributed by atoms with Gasteiger partial charge in [-0.25, -0.2) is 4.79 Å². The maximum absolute atomic E-state index is 12.9. The van der Waals surface area contributed by atoms with Gasteiger partial charge in [0.15, 0.2) is 5.96 Å². The molecule has 2 amide bonds. The van der Waals surface area contributed by atoms with E-state index in [1.54, 1.807) is 6.20 Å². The van der Waals surface area contributed by atoms with Crippen molar-refractivity contribution in [3.63, 3.8) is 0 Å². The van der Waals surface area contributed by atoms with Crippen molar-refractivity contribution in [2.45, 2.75) is 56.7 Å². The molecule has 1 aromatic heterocycles. The van der Waals surface area contributed by atoms with Crippen LogP contribution in [0.2, 0.25) is 0 Å². The Kier molecular flexibility index (Phi) is 11.0. The number of carboxylic acids is 1. The third-order valence-corrected chi connectivity index (χ3v) is 5.59. The molecule has 0 unspecified atom stereocenters. The first-order valence-corrected chi connectivity index (χ1v) is 11.6. The Hall–Kier alpha value is -3.64. The fourth-order valence-electron chi connectivity index (χ4n) is 3.70. The van der Waals surface area contributed by atoms with Crippen molar-refractivity contribution in [1.82, 2.24) is 15.6 Å². The monoisotopic (exact) mass is 488 g/mol. The summed E-state index contributed by atoms with van der Waals surface area (Å²) in [6, 6.07) is 4.65. The fraction of sp³-hybridized carbons (Fsp3) is 0.478. The Morgan fingerprint density at radius 2 is 1.69 bits per heavy atom. The molecule has 12 heteroatoms. The maximum Gasteiger partial charge on any atom is 0.326 e. The number of rotatable bonds is 15. The number of amides is 2. The van der Waals surface area contributed by atoms with Gasteiger partial charge in [0.05, 0.1) is 6.04 Å². The first-order chi connectivity index (χ1) is 16.7. The van der Waals surface area contributed by atoms with E-state index in [0.717, 1.165) is 16.5 Å². The second-order valence-electron chi connectivity index (χ2n) is 8.36. The zero-order valence-corrected chi connectivity index (χ0v) is 19.7. The molecule has 2 rings (SSSR count). The number of carbonyl (C=O) groups is 3. The standard InChI is InChI=1S/C23H36N8O4/c24-10-4-3-8-19(22(34)35)31-21(33)18(9-5-11-28-23(26)27)30-20(32)16(25)12-14-13-29-17-7-2-1-6-15(14)17/h1-2,6-7,13,16,18-19,29H,3-5,8-12,24-25H2,(H,30,32)(H,31,33)(H,34,35)(H4,26,27,28)/t16-,18-,19-/m0/s1. The molecule has 0 saturated heterocycles. The normalized spacial score (nSPS) is 13.5. The Balaban J connectivity index is 2.06. The highest BCUT2D eigenvalue weighted by atomic mass is 16.4. The van der Waals surface area contributed by atoms with Crippen molar-refractivity contribution in [2.24, 2.45) is 27.9 Å². The van der Waals surface area contributed by atoms with Crippen molar-refractivity contribution in [3.8, 4) is 0 Å². The van der Waals surface area contributed by atoms with E-state index in [9.17, 15) is 19.5 Å². The Morgan fingerprint density at radius 1 is 1.00 bits per heavy atom. The predicted octanol–water partition coefficient (Wildman–Crippen LogP) is -0.725. The van der Waals surface area contributed by atoms with E-state index in [4.69, 9.17) is 22.9 Å². The summed E-state index contributed by atoms with van der Waals surface area (Å²) in [6.07, 6.45) is 4.06. The number of unbranched alkanes of at least 4 members (excludes halogenated alkanes) is 1. The quantitative estimate of drug-likeness (QED) is 0.0903. The molecule has 1 aromatic carbocycles. The smallest absolute Gasteiger partial charge is 0.326 e. The predicted molar refractivity (Wildman–Crippen MR) is 134 cm³/mol. The lowest BCUT2D eigenvalue weighted by molar-refractivity contribution is -0.142. The maximum atomic E-state index is 12.9. The molecule has 0 aliphatic carbocycles. The lowest BCUT2D eigenvalue weighted by Gasteiger charge is -2.23. The van der Waals surface area contributed by atoms with Crippen LogP contribution in [0, 0.1) is 0 Å². The molecule has 12 nitrogen and oxygen atoms in total. The van der Waals surface area contributed by atoms with Crippen LogP contribution in [0.4, 0.5) is 0 Å². The molecule has 0 radical (unpaired) electrons. The summed E-state index contributed by atoms with van der Waals surface area (Å²) in [6.45, 7) is 0.681. The van der Waals surface area contributed by atoms with Crippen LogP contribution in [-0.2, 0) is 20.8 Å². The summed E-state index contributed by atoms with van der Waals surface area (Å²) in [4.78, 5) is 44.4.